The van der Waals surface area contributed by atoms with Crippen LogP contribution >= 0.6 is 24.0 Å². The van der Waals surface area contributed by atoms with Gasteiger partial charge in [0.25, 0.3) is 5.91 Å². The molecule has 9 heteroatoms. The van der Waals surface area contributed by atoms with Crippen LogP contribution in [0.15, 0.2) is 0 Å². The Morgan fingerprint density at radius 3 is 2.46 bits per heavy atom. The Labute approximate surface area is 164 Å². The number of nitrogens with one attached hydrogen (secondary N) is 2. The number of thioether (sulfide) groups is 1. The first-order valence-corrected chi connectivity index (χ1v) is 10.5. The predicted molar refractivity (Wildman–Crippen MR) is 105 cm³/mol. The van der Waals surface area contributed by atoms with E-state index >= 15 is 0 Å². The average Bonchev–Trinajstić information content (AvgIpc) is 3.11. The Kier molecular flexibility index (Phi) is 8.64. The molecule has 0 unspecified atom stereocenters. The molecule has 1 aliphatic carbocycles. The summed E-state index contributed by atoms with van der Waals surface area (Å²) in [4.78, 5) is 37.2. The van der Waals surface area contributed by atoms with Gasteiger partial charge in [-0.3, -0.25) is 14.9 Å². The van der Waals surface area contributed by atoms with Crippen molar-refractivity contribution in [1.29, 1.82) is 0 Å². The summed E-state index contributed by atoms with van der Waals surface area (Å²) in [6.07, 6.45) is 6.26. The summed E-state index contributed by atoms with van der Waals surface area (Å²) >= 11 is 6.59. The first-order valence-electron chi connectivity index (χ1n) is 9.11. The van der Waals surface area contributed by atoms with Crippen molar-refractivity contribution in [3.63, 3.8) is 0 Å². The van der Waals surface area contributed by atoms with Crippen LogP contribution in [0.1, 0.15) is 45.4 Å². The third-order valence-electron chi connectivity index (χ3n) is 4.66. The summed E-state index contributed by atoms with van der Waals surface area (Å²) in [6, 6.07) is -0.409. The van der Waals surface area contributed by atoms with Crippen molar-refractivity contribution in [2.75, 3.05) is 25.4 Å². The number of hydrogen-bond acceptors (Lipinski definition) is 6. The van der Waals surface area contributed by atoms with Crippen LogP contribution in [0.25, 0.3) is 0 Å². The maximum atomic E-state index is 11.7. The molecule has 0 aromatic heterocycles. The molecule has 1 aliphatic heterocycles. The van der Waals surface area contributed by atoms with E-state index in [-0.39, 0.29) is 11.8 Å². The Morgan fingerprint density at radius 1 is 1.15 bits per heavy atom. The fraction of sp³-hybridized carbons (Fsp3) is 0.765. The first kappa shape index (κ1) is 21.0. The minimum absolute atomic E-state index is 0.0619. The molecule has 0 radical (unpaired) electrons. The van der Waals surface area contributed by atoms with Gasteiger partial charge in [-0.1, -0.05) is 43.7 Å². The monoisotopic (exact) mass is 401 g/mol. The zero-order valence-corrected chi connectivity index (χ0v) is 16.8. The quantitative estimate of drug-likeness (QED) is 0.538. The van der Waals surface area contributed by atoms with E-state index in [1.54, 1.807) is 0 Å². The van der Waals surface area contributed by atoms with Crippen molar-refractivity contribution >= 4 is 46.2 Å². The van der Waals surface area contributed by atoms with Crippen molar-refractivity contribution in [3.05, 3.63) is 0 Å². The molecule has 2 fully saturated rings. The summed E-state index contributed by atoms with van der Waals surface area (Å²) in [5.41, 5.74) is 0. The fourth-order valence-corrected chi connectivity index (χ4v) is 4.09. The van der Waals surface area contributed by atoms with Gasteiger partial charge in [0.2, 0.25) is 0 Å². The van der Waals surface area contributed by atoms with Crippen LogP contribution in [0.3, 0.4) is 0 Å². The second kappa shape index (κ2) is 10.7. The summed E-state index contributed by atoms with van der Waals surface area (Å²) in [5, 5.41) is 4.91. The Hall–Kier alpha value is -1.35. The number of thiocarbonyl (C=S) groups is 1. The molecule has 0 aromatic rings. The molecule has 1 saturated heterocycles. The van der Waals surface area contributed by atoms with Gasteiger partial charge in [0.1, 0.15) is 4.32 Å². The highest BCUT2D eigenvalue weighted by Gasteiger charge is 2.20. The third-order valence-corrected chi connectivity index (χ3v) is 6.16. The molecule has 0 atom stereocenters. The average molecular weight is 402 g/mol. The Morgan fingerprint density at radius 2 is 1.81 bits per heavy atom. The number of nitrogens with zero attached hydrogens (tertiary/aromatic N) is 1. The molecular formula is C17H27N3O4S2. The number of piperidine rings is 1. The molecule has 0 bridgehead atoms. The van der Waals surface area contributed by atoms with E-state index in [1.165, 1.54) is 11.8 Å². The number of rotatable bonds is 5. The largest absolute Gasteiger partial charge is 0.455 e. The van der Waals surface area contributed by atoms with E-state index in [1.807, 2.05) is 0 Å². The molecule has 26 heavy (non-hydrogen) atoms. The van der Waals surface area contributed by atoms with Gasteiger partial charge in [-0.05, 0) is 31.6 Å². The molecule has 1 heterocycles. The number of ether oxygens (including phenoxy) is 1. The minimum atomic E-state index is -0.633. The highest BCUT2D eigenvalue weighted by molar-refractivity contribution is 8.23. The second-order valence-corrected chi connectivity index (χ2v) is 8.50. The molecule has 146 valence electrons. The zero-order chi connectivity index (χ0) is 18.9. The highest BCUT2D eigenvalue weighted by atomic mass is 32.2. The van der Waals surface area contributed by atoms with Crippen LogP contribution in [0.4, 0.5) is 4.79 Å². The molecule has 2 N–H and O–H groups in total. The number of esters is 1. The number of urea groups is 1. The standard InChI is InChI=1S/C17H27N3O4S2/c1-12-6-8-20(9-7-12)17(25)26-11-15(22)24-10-14(21)19-16(23)18-13-4-2-3-5-13/h12-13H,2-11H2,1H3,(H2,18,19,21,23). The molecule has 3 amide bonds. The van der Waals surface area contributed by atoms with Gasteiger partial charge in [0, 0.05) is 19.1 Å². The van der Waals surface area contributed by atoms with Crippen molar-refractivity contribution < 1.29 is 19.1 Å². The number of likely N-dealkylation sites (tertiary alicyclic amines) is 1. The number of carbonyl (C=O) groups excluding carboxylic acids is 3. The van der Waals surface area contributed by atoms with E-state index in [4.69, 9.17) is 17.0 Å². The van der Waals surface area contributed by atoms with Crippen LogP contribution < -0.4 is 10.6 Å². The van der Waals surface area contributed by atoms with Crippen LogP contribution in [-0.2, 0) is 14.3 Å². The Bertz CT molecular complexity index is 530. The Balaban J connectivity index is 1.56. The van der Waals surface area contributed by atoms with Gasteiger partial charge in [-0.25, -0.2) is 4.79 Å². The minimum Gasteiger partial charge on any atom is -0.455 e. The zero-order valence-electron chi connectivity index (χ0n) is 15.1. The normalized spacial score (nSPS) is 18.4. The van der Waals surface area contributed by atoms with Crippen LogP contribution in [-0.4, -0.2) is 58.6 Å². The van der Waals surface area contributed by atoms with Crippen molar-refractivity contribution in [1.82, 2.24) is 15.5 Å². The topological polar surface area (TPSA) is 87.7 Å². The van der Waals surface area contributed by atoms with E-state index in [0.717, 1.165) is 51.6 Å². The van der Waals surface area contributed by atoms with E-state index in [9.17, 15) is 14.4 Å². The van der Waals surface area contributed by atoms with Gasteiger partial charge in [0.05, 0.1) is 5.75 Å². The molecule has 0 aromatic carbocycles. The summed E-state index contributed by atoms with van der Waals surface area (Å²) in [5.74, 6) is -0.374. The lowest BCUT2D eigenvalue weighted by atomic mass is 10.00. The van der Waals surface area contributed by atoms with Crippen molar-refractivity contribution in [2.45, 2.75) is 51.5 Å². The maximum Gasteiger partial charge on any atom is 0.321 e. The van der Waals surface area contributed by atoms with Crippen LogP contribution in [0.2, 0.25) is 0 Å². The number of amides is 3. The molecular weight excluding hydrogens is 374 g/mol. The lowest BCUT2D eigenvalue weighted by Gasteiger charge is -2.31. The lowest BCUT2D eigenvalue weighted by molar-refractivity contribution is -0.145. The van der Waals surface area contributed by atoms with Gasteiger partial charge in [-0.2, -0.15) is 0 Å². The summed E-state index contributed by atoms with van der Waals surface area (Å²) in [6.45, 7) is 3.59. The summed E-state index contributed by atoms with van der Waals surface area (Å²) in [7, 11) is 0. The lowest BCUT2D eigenvalue weighted by Crippen LogP contribution is -2.45. The summed E-state index contributed by atoms with van der Waals surface area (Å²) < 4.78 is 5.59. The molecule has 2 rings (SSSR count). The maximum absolute atomic E-state index is 11.7. The van der Waals surface area contributed by atoms with Crippen molar-refractivity contribution in [3.8, 4) is 0 Å². The van der Waals surface area contributed by atoms with E-state index in [2.05, 4.69) is 22.5 Å². The number of carbonyl (C=O) groups is 3. The van der Waals surface area contributed by atoms with Crippen LogP contribution in [0.5, 0.6) is 0 Å². The molecule has 7 nitrogen and oxygen atoms in total. The molecule has 2 aliphatic rings. The smallest absolute Gasteiger partial charge is 0.321 e. The van der Waals surface area contributed by atoms with E-state index in [0.29, 0.717) is 10.2 Å². The number of imide groups is 1. The van der Waals surface area contributed by atoms with Gasteiger partial charge >= 0.3 is 12.0 Å². The SMILES string of the molecule is CC1CCN(C(=S)SCC(=O)OCC(=O)NC(=O)NC2CCCC2)CC1. The van der Waals surface area contributed by atoms with Crippen LogP contribution in [0, 0.1) is 5.92 Å². The third kappa shape index (κ3) is 7.49. The highest BCUT2D eigenvalue weighted by Crippen LogP contribution is 2.20. The van der Waals surface area contributed by atoms with Crippen molar-refractivity contribution in [2.24, 2.45) is 5.92 Å². The van der Waals surface area contributed by atoms with Gasteiger partial charge in [-0.15, -0.1) is 0 Å². The van der Waals surface area contributed by atoms with Gasteiger partial charge in [0.15, 0.2) is 6.61 Å². The van der Waals surface area contributed by atoms with Gasteiger partial charge < -0.3 is 15.0 Å². The molecule has 1 saturated carbocycles. The number of hydrogen-bond donors (Lipinski definition) is 2. The first-order chi connectivity index (χ1) is 12.4. The second-order valence-electron chi connectivity index (χ2n) is 6.89. The predicted octanol–water partition coefficient (Wildman–Crippen LogP) is 2.05. The van der Waals surface area contributed by atoms with E-state index < -0.39 is 24.5 Å². The fourth-order valence-electron chi connectivity index (χ4n) is 3.05. The molecule has 0 spiro atoms.